The molecule has 0 aliphatic carbocycles. The normalized spacial score (nSPS) is 11.5. The summed E-state index contributed by atoms with van der Waals surface area (Å²) in [6.45, 7) is 4.00. The van der Waals surface area contributed by atoms with Gasteiger partial charge in [-0.3, -0.25) is 0 Å². The molecule has 1 aromatic carbocycles. The Kier molecular flexibility index (Phi) is 4.44. The maximum Gasteiger partial charge on any atom is 0.120 e. The summed E-state index contributed by atoms with van der Waals surface area (Å²) in [6, 6.07) is 5.38. The number of rotatable bonds is 4. The Hall–Kier alpha value is -0.250. The fourth-order valence-corrected chi connectivity index (χ4v) is 1.46. The number of ether oxygens (including phenoxy) is 1. The van der Waals surface area contributed by atoms with Gasteiger partial charge < -0.3 is 9.84 Å². The summed E-state index contributed by atoms with van der Waals surface area (Å²) >= 11 is 9.16. The van der Waals surface area contributed by atoms with Gasteiger partial charge in [0.2, 0.25) is 0 Å². The largest absolute Gasteiger partial charge is 0.493 e. The van der Waals surface area contributed by atoms with Crippen molar-refractivity contribution in [3.63, 3.8) is 0 Å². The van der Waals surface area contributed by atoms with Crippen LogP contribution in [0.25, 0.3) is 0 Å². The van der Waals surface area contributed by atoms with Gasteiger partial charge in [0.25, 0.3) is 0 Å². The zero-order chi connectivity index (χ0) is 11.5. The number of halogens is 2. The van der Waals surface area contributed by atoms with Gasteiger partial charge >= 0.3 is 0 Å². The smallest absolute Gasteiger partial charge is 0.120 e. The van der Waals surface area contributed by atoms with Gasteiger partial charge in [-0.2, -0.15) is 0 Å². The van der Waals surface area contributed by atoms with E-state index in [1.165, 1.54) is 0 Å². The third-order valence-electron chi connectivity index (χ3n) is 1.87. The SMILES string of the molecule is CC(C)(O)CCOc1ccc(Cl)c(Br)c1. The van der Waals surface area contributed by atoms with E-state index in [0.717, 1.165) is 10.2 Å². The van der Waals surface area contributed by atoms with E-state index in [1.807, 2.05) is 6.07 Å². The molecule has 0 saturated heterocycles. The number of aliphatic hydroxyl groups is 1. The minimum Gasteiger partial charge on any atom is -0.493 e. The molecule has 0 radical (unpaired) electrons. The Bertz CT molecular complexity index is 334. The molecule has 0 unspecified atom stereocenters. The van der Waals surface area contributed by atoms with Crippen molar-refractivity contribution in [1.29, 1.82) is 0 Å². The second-order valence-corrected chi connectivity index (χ2v) is 5.25. The van der Waals surface area contributed by atoms with Crippen LogP contribution in [0.4, 0.5) is 0 Å². The Morgan fingerprint density at radius 2 is 2.13 bits per heavy atom. The fraction of sp³-hybridized carbons (Fsp3) is 0.455. The number of hydrogen-bond donors (Lipinski definition) is 1. The minimum absolute atomic E-state index is 0.484. The predicted octanol–water partition coefficient (Wildman–Crippen LogP) is 3.64. The second kappa shape index (κ2) is 5.19. The van der Waals surface area contributed by atoms with E-state index in [0.29, 0.717) is 18.1 Å². The standard InChI is InChI=1S/C11H14BrClO2/c1-11(2,14)5-6-15-8-3-4-10(13)9(12)7-8/h3-4,7,14H,5-6H2,1-2H3. The lowest BCUT2D eigenvalue weighted by Gasteiger charge is -2.17. The quantitative estimate of drug-likeness (QED) is 0.918. The van der Waals surface area contributed by atoms with Crippen LogP contribution in [0.5, 0.6) is 5.75 Å². The zero-order valence-corrected chi connectivity index (χ0v) is 11.1. The van der Waals surface area contributed by atoms with Crippen molar-refractivity contribution in [3.05, 3.63) is 27.7 Å². The predicted molar refractivity (Wildman–Crippen MR) is 65.6 cm³/mol. The minimum atomic E-state index is -0.691. The zero-order valence-electron chi connectivity index (χ0n) is 8.76. The average molecular weight is 294 g/mol. The fourth-order valence-electron chi connectivity index (χ4n) is 0.985. The molecule has 0 atom stereocenters. The maximum absolute atomic E-state index is 9.48. The highest BCUT2D eigenvalue weighted by molar-refractivity contribution is 9.10. The highest BCUT2D eigenvalue weighted by Gasteiger charge is 2.12. The molecule has 0 aliphatic rings. The maximum atomic E-state index is 9.48. The Morgan fingerprint density at radius 1 is 1.47 bits per heavy atom. The molecular weight excluding hydrogens is 279 g/mol. The monoisotopic (exact) mass is 292 g/mol. The average Bonchev–Trinajstić information content (AvgIpc) is 2.09. The molecule has 15 heavy (non-hydrogen) atoms. The summed E-state index contributed by atoms with van der Waals surface area (Å²) < 4.78 is 6.28. The molecule has 0 aromatic heterocycles. The summed E-state index contributed by atoms with van der Waals surface area (Å²) in [6.07, 6.45) is 0.591. The van der Waals surface area contributed by atoms with Crippen LogP contribution in [0, 0.1) is 0 Å². The Morgan fingerprint density at radius 3 is 2.67 bits per heavy atom. The van der Waals surface area contributed by atoms with E-state index in [1.54, 1.807) is 26.0 Å². The van der Waals surface area contributed by atoms with Crippen molar-refractivity contribution in [2.45, 2.75) is 25.9 Å². The molecule has 0 fully saturated rings. The van der Waals surface area contributed by atoms with Crippen molar-refractivity contribution < 1.29 is 9.84 Å². The Balaban J connectivity index is 2.48. The third kappa shape index (κ3) is 4.87. The van der Waals surface area contributed by atoms with Crippen molar-refractivity contribution in [2.75, 3.05) is 6.61 Å². The van der Waals surface area contributed by atoms with Crippen LogP contribution in [-0.4, -0.2) is 17.3 Å². The van der Waals surface area contributed by atoms with Crippen LogP contribution in [0.1, 0.15) is 20.3 Å². The topological polar surface area (TPSA) is 29.5 Å². The summed E-state index contributed by atoms with van der Waals surface area (Å²) in [5.74, 6) is 0.746. The molecule has 0 heterocycles. The van der Waals surface area contributed by atoms with Crippen LogP contribution >= 0.6 is 27.5 Å². The molecule has 0 spiro atoms. The van der Waals surface area contributed by atoms with Crippen molar-refractivity contribution in [1.82, 2.24) is 0 Å². The van der Waals surface area contributed by atoms with Gasteiger partial charge in [0.05, 0.1) is 17.2 Å². The molecule has 1 rings (SSSR count). The van der Waals surface area contributed by atoms with Gasteiger partial charge in [-0.05, 0) is 48.0 Å². The molecule has 4 heteroatoms. The molecule has 84 valence electrons. The van der Waals surface area contributed by atoms with Gasteiger partial charge in [-0.25, -0.2) is 0 Å². The van der Waals surface area contributed by atoms with Crippen LogP contribution in [0.2, 0.25) is 5.02 Å². The van der Waals surface area contributed by atoms with Gasteiger partial charge in [0, 0.05) is 10.9 Å². The highest BCUT2D eigenvalue weighted by atomic mass is 79.9. The first-order valence-electron chi connectivity index (χ1n) is 4.69. The van der Waals surface area contributed by atoms with Crippen molar-refractivity contribution >= 4 is 27.5 Å². The van der Waals surface area contributed by atoms with Crippen LogP contribution in [-0.2, 0) is 0 Å². The van der Waals surface area contributed by atoms with Gasteiger partial charge in [0.1, 0.15) is 5.75 Å². The first-order valence-corrected chi connectivity index (χ1v) is 5.86. The highest BCUT2D eigenvalue weighted by Crippen LogP contribution is 2.27. The van der Waals surface area contributed by atoms with Crippen molar-refractivity contribution in [2.24, 2.45) is 0 Å². The van der Waals surface area contributed by atoms with E-state index in [2.05, 4.69) is 15.9 Å². The van der Waals surface area contributed by atoms with E-state index in [9.17, 15) is 5.11 Å². The lowest BCUT2D eigenvalue weighted by Crippen LogP contribution is -2.21. The van der Waals surface area contributed by atoms with E-state index >= 15 is 0 Å². The number of hydrogen-bond acceptors (Lipinski definition) is 2. The van der Waals surface area contributed by atoms with Crippen LogP contribution < -0.4 is 4.74 Å². The second-order valence-electron chi connectivity index (χ2n) is 3.99. The molecule has 1 N–H and O–H groups in total. The first kappa shape index (κ1) is 12.8. The lowest BCUT2D eigenvalue weighted by atomic mass is 10.1. The van der Waals surface area contributed by atoms with Gasteiger partial charge in [-0.1, -0.05) is 11.6 Å². The molecule has 0 saturated carbocycles. The third-order valence-corrected chi connectivity index (χ3v) is 3.09. The van der Waals surface area contributed by atoms with E-state index < -0.39 is 5.60 Å². The molecule has 0 aliphatic heterocycles. The Labute approximate surface area is 103 Å². The summed E-state index contributed by atoms with van der Waals surface area (Å²) in [5, 5.41) is 10.1. The van der Waals surface area contributed by atoms with E-state index in [4.69, 9.17) is 16.3 Å². The number of benzene rings is 1. The lowest BCUT2D eigenvalue weighted by molar-refractivity contribution is 0.0553. The van der Waals surface area contributed by atoms with Gasteiger partial charge in [-0.15, -0.1) is 0 Å². The molecule has 1 aromatic rings. The summed E-state index contributed by atoms with van der Waals surface area (Å²) in [4.78, 5) is 0. The molecular formula is C11H14BrClO2. The van der Waals surface area contributed by atoms with E-state index in [-0.39, 0.29) is 0 Å². The molecule has 0 amide bonds. The molecule has 2 nitrogen and oxygen atoms in total. The van der Waals surface area contributed by atoms with Crippen molar-refractivity contribution in [3.8, 4) is 5.75 Å². The first-order chi connectivity index (χ1) is 6.88. The van der Waals surface area contributed by atoms with Crippen LogP contribution in [0.15, 0.2) is 22.7 Å². The van der Waals surface area contributed by atoms with Crippen LogP contribution in [0.3, 0.4) is 0 Å². The molecule has 0 bridgehead atoms. The summed E-state index contributed by atoms with van der Waals surface area (Å²) in [7, 11) is 0. The van der Waals surface area contributed by atoms with Gasteiger partial charge in [0.15, 0.2) is 0 Å². The summed E-state index contributed by atoms with van der Waals surface area (Å²) in [5.41, 5.74) is -0.691.